The van der Waals surface area contributed by atoms with Crippen LogP contribution in [0.4, 0.5) is 11.5 Å². The first-order chi connectivity index (χ1) is 14.2. The highest BCUT2D eigenvalue weighted by molar-refractivity contribution is 6.30. The Morgan fingerprint density at radius 2 is 2.03 bits per heavy atom. The molecular formula is C22H18ClN5O. The number of fused-ring (bicyclic) bond motifs is 2. The van der Waals surface area contributed by atoms with Crippen LogP contribution in [0.2, 0.25) is 5.02 Å². The molecule has 29 heavy (non-hydrogen) atoms. The lowest BCUT2D eigenvalue weighted by molar-refractivity contribution is 0.340. The van der Waals surface area contributed by atoms with Gasteiger partial charge in [-0.05, 0) is 55.3 Å². The van der Waals surface area contributed by atoms with Gasteiger partial charge in [0.1, 0.15) is 17.3 Å². The van der Waals surface area contributed by atoms with Crippen molar-refractivity contribution in [1.82, 2.24) is 19.9 Å². The van der Waals surface area contributed by atoms with Crippen LogP contribution in [0, 0.1) is 0 Å². The van der Waals surface area contributed by atoms with E-state index in [0.717, 1.165) is 46.1 Å². The Bertz CT molecular complexity index is 1200. The van der Waals surface area contributed by atoms with Crippen molar-refractivity contribution in [2.75, 3.05) is 18.1 Å². The van der Waals surface area contributed by atoms with Crippen LogP contribution in [0.15, 0.2) is 55.0 Å². The van der Waals surface area contributed by atoms with E-state index >= 15 is 0 Å². The Hall–Kier alpha value is -3.25. The van der Waals surface area contributed by atoms with Crippen molar-refractivity contribution in [3.05, 3.63) is 65.6 Å². The molecule has 5 rings (SSSR count). The standard InChI is InChI=1S/C22H18ClN5O/c1-2-29-16-4-5-18-17(12-16)22(27-21(26-18)19-13-24-8-9-25-19)28-10-7-14-11-15(23)3-6-20(14)28/h3-6,8-9,11-13H,2,7,10H2,1H3. The first-order valence-electron chi connectivity index (χ1n) is 9.50. The number of hydrogen-bond acceptors (Lipinski definition) is 6. The van der Waals surface area contributed by atoms with Gasteiger partial charge in [-0.25, -0.2) is 15.0 Å². The van der Waals surface area contributed by atoms with Crippen LogP contribution < -0.4 is 9.64 Å². The van der Waals surface area contributed by atoms with E-state index in [1.165, 1.54) is 5.56 Å². The summed E-state index contributed by atoms with van der Waals surface area (Å²) in [7, 11) is 0. The second-order valence-corrected chi connectivity index (χ2v) is 7.18. The molecule has 3 heterocycles. The zero-order valence-corrected chi connectivity index (χ0v) is 16.6. The summed E-state index contributed by atoms with van der Waals surface area (Å²) < 4.78 is 5.72. The van der Waals surface area contributed by atoms with E-state index in [1.54, 1.807) is 18.6 Å². The maximum Gasteiger partial charge on any atom is 0.182 e. The number of hydrogen-bond donors (Lipinski definition) is 0. The van der Waals surface area contributed by atoms with Crippen LogP contribution >= 0.6 is 11.6 Å². The predicted octanol–water partition coefficient (Wildman–Crippen LogP) is 4.83. The minimum absolute atomic E-state index is 0.548. The molecule has 0 spiro atoms. The predicted molar refractivity (Wildman–Crippen MR) is 114 cm³/mol. The zero-order chi connectivity index (χ0) is 19.8. The van der Waals surface area contributed by atoms with Crippen molar-refractivity contribution < 1.29 is 4.74 Å². The number of benzene rings is 2. The summed E-state index contributed by atoms with van der Waals surface area (Å²) in [5, 5.41) is 1.68. The summed E-state index contributed by atoms with van der Waals surface area (Å²) in [6, 6.07) is 11.9. The van der Waals surface area contributed by atoms with E-state index in [1.807, 2.05) is 43.3 Å². The van der Waals surface area contributed by atoms with Gasteiger partial charge >= 0.3 is 0 Å². The fourth-order valence-corrected chi connectivity index (χ4v) is 3.87. The van der Waals surface area contributed by atoms with Gasteiger partial charge in [0, 0.05) is 35.0 Å². The summed E-state index contributed by atoms with van der Waals surface area (Å²) in [6.07, 6.45) is 5.87. The third-order valence-electron chi connectivity index (χ3n) is 4.94. The number of rotatable bonds is 4. The normalized spacial score (nSPS) is 13.0. The molecule has 0 radical (unpaired) electrons. The molecular weight excluding hydrogens is 386 g/mol. The molecule has 7 heteroatoms. The van der Waals surface area contributed by atoms with E-state index in [0.29, 0.717) is 18.1 Å². The fourth-order valence-electron chi connectivity index (χ4n) is 3.67. The van der Waals surface area contributed by atoms with Crippen molar-refractivity contribution in [3.8, 4) is 17.3 Å². The Kier molecular flexibility index (Phi) is 4.48. The molecule has 0 saturated carbocycles. The molecule has 2 aromatic heterocycles. The van der Waals surface area contributed by atoms with E-state index in [9.17, 15) is 0 Å². The lowest BCUT2D eigenvalue weighted by Crippen LogP contribution is -2.16. The molecule has 0 bridgehead atoms. The van der Waals surface area contributed by atoms with Crippen LogP contribution in [-0.4, -0.2) is 33.1 Å². The first kappa shape index (κ1) is 17.8. The summed E-state index contributed by atoms with van der Waals surface area (Å²) in [6.45, 7) is 3.39. The molecule has 0 saturated heterocycles. The van der Waals surface area contributed by atoms with Crippen molar-refractivity contribution in [3.63, 3.8) is 0 Å². The molecule has 0 amide bonds. The van der Waals surface area contributed by atoms with Crippen LogP contribution in [0.1, 0.15) is 12.5 Å². The monoisotopic (exact) mass is 403 g/mol. The van der Waals surface area contributed by atoms with Gasteiger partial charge < -0.3 is 9.64 Å². The molecule has 0 atom stereocenters. The molecule has 6 nitrogen and oxygen atoms in total. The molecule has 144 valence electrons. The zero-order valence-electron chi connectivity index (χ0n) is 15.8. The summed E-state index contributed by atoms with van der Waals surface area (Å²) >= 11 is 6.20. The van der Waals surface area contributed by atoms with E-state index in [-0.39, 0.29) is 0 Å². The van der Waals surface area contributed by atoms with Gasteiger partial charge in [0.05, 0.1) is 18.3 Å². The van der Waals surface area contributed by atoms with Gasteiger partial charge in [-0.2, -0.15) is 0 Å². The van der Waals surface area contributed by atoms with Gasteiger partial charge in [-0.1, -0.05) is 11.6 Å². The average Bonchev–Trinajstić information content (AvgIpc) is 3.16. The number of ether oxygens (including phenoxy) is 1. The van der Waals surface area contributed by atoms with Crippen LogP contribution in [0.25, 0.3) is 22.4 Å². The van der Waals surface area contributed by atoms with E-state index < -0.39 is 0 Å². The van der Waals surface area contributed by atoms with Crippen LogP contribution in [-0.2, 0) is 6.42 Å². The molecule has 0 fully saturated rings. The number of anilines is 2. The van der Waals surface area contributed by atoms with Gasteiger partial charge in [-0.15, -0.1) is 0 Å². The van der Waals surface area contributed by atoms with E-state index in [4.69, 9.17) is 26.3 Å². The molecule has 1 aliphatic heterocycles. The highest BCUT2D eigenvalue weighted by Crippen LogP contribution is 2.39. The highest BCUT2D eigenvalue weighted by atomic mass is 35.5. The largest absolute Gasteiger partial charge is 0.494 e. The minimum Gasteiger partial charge on any atom is -0.494 e. The molecule has 2 aromatic carbocycles. The quantitative estimate of drug-likeness (QED) is 0.486. The van der Waals surface area contributed by atoms with Gasteiger partial charge in [-0.3, -0.25) is 4.98 Å². The SMILES string of the molecule is CCOc1ccc2nc(-c3cnccn3)nc(N3CCc4cc(Cl)ccc43)c2c1. The van der Waals surface area contributed by atoms with E-state index in [2.05, 4.69) is 14.9 Å². The first-order valence-corrected chi connectivity index (χ1v) is 9.87. The Morgan fingerprint density at radius 1 is 1.10 bits per heavy atom. The second-order valence-electron chi connectivity index (χ2n) is 6.75. The summed E-state index contributed by atoms with van der Waals surface area (Å²) in [5.41, 5.74) is 3.80. The third-order valence-corrected chi connectivity index (χ3v) is 5.18. The molecule has 0 N–H and O–H groups in total. The van der Waals surface area contributed by atoms with Gasteiger partial charge in [0.2, 0.25) is 0 Å². The maximum atomic E-state index is 6.20. The number of nitrogens with zero attached hydrogens (tertiary/aromatic N) is 5. The Labute approximate surface area is 173 Å². The lowest BCUT2D eigenvalue weighted by Gasteiger charge is -2.21. The Balaban J connectivity index is 1.73. The molecule has 0 aliphatic carbocycles. The molecule has 4 aromatic rings. The number of aromatic nitrogens is 4. The van der Waals surface area contributed by atoms with Crippen LogP contribution in [0.5, 0.6) is 5.75 Å². The van der Waals surface area contributed by atoms with Crippen molar-refractivity contribution in [2.45, 2.75) is 13.3 Å². The minimum atomic E-state index is 0.548. The van der Waals surface area contributed by atoms with Crippen LogP contribution in [0.3, 0.4) is 0 Å². The third kappa shape index (κ3) is 3.25. The topological polar surface area (TPSA) is 64.0 Å². The number of halogens is 1. The Morgan fingerprint density at radius 3 is 2.86 bits per heavy atom. The summed E-state index contributed by atoms with van der Waals surface area (Å²) in [5.74, 6) is 2.18. The van der Waals surface area contributed by atoms with Gasteiger partial charge in [0.25, 0.3) is 0 Å². The maximum absolute atomic E-state index is 6.20. The lowest BCUT2D eigenvalue weighted by atomic mass is 10.1. The average molecular weight is 404 g/mol. The molecule has 1 aliphatic rings. The van der Waals surface area contributed by atoms with Gasteiger partial charge in [0.15, 0.2) is 5.82 Å². The smallest absolute Gasteiger partial charge is 0.182 e. The van der Waals surface area contributed by atoms with Crippen molar-refractivity contribution in [1.29, 1.82) is 0 Å². The fraction of sp³-hybridized carbons (Fsp3) is 0.182. The van der Waals surface area contributed by atoms with Crippen molar-refractivity contribution >= 4 is 34.0 Å². The van der Waals surface area contributed by atoms with Crippen molar-refractivity contribution in [2.24, 2.45) is 0 Å². The highest BCUT2D eigenvalue weighted by Gasteiger charge is 2.25. The second kappa shape index (κ2) is 7.29. The molecule has 0 unspecified atom stereocenters. The summed E-state index contributed by atoms with van der Waals surface area (Å²) in [4.78, 5) is 20.4.